The molecular formula is C16H20ClFN2. The highest BCUT2D eigenvalue weighted by molar-refractivity contribution is 6.17. The molecule has 0 aliphatic heterocycles. The minimum atomic E-state index is -0.181. The zero-order valence-corrected chi connectivity index (χ0v) is 12.8. The number of benzene rings is 1. The van der Waals surface area contributed by atoms with Crippen molar-refractivity contribution < 1.29 is 4.39 Å². The first-order valence-electron chi connectivity index (χ1n) is 7.34. The molecule has 2 aromatic rings. The topological polar surface area (TPSA) is 17.8 Å². The van der Waals surface area contributed by atoms with Crippen LogP contribution in [-0.2, 0) is 6.42 Å². The number of aromatic nitrogens is 2. The van der Waals surface area contributed by atoms with Gasteiger partial charge in [-0.15, -0.1) is 11.6 Å². The Morgan fingerprint density at radius 3 is 2.85 bits per heavy atom. The lowest BCUT2D eigenvalue weighted by molar-refractivity contribution is 0.406. The average molecular weight is 295 g/mol. The van der Waals surface area contributed by atoms with E-state index in [4.69, 9.17) is 11.6 Å². The first kappa shape index (κ1) is 13.9. The van der Waals surface area contributed by atoms with Crippen molar-refractivity contribution in [1.82, 2.24) is 9.55 Å². The smallest absolute Gasteiger partial charge is 0.128 e. The second kappa shape index (κ2) is 5.36. The van der Waals surface area contributed by atoms with Gasteiger partial charge in [0, 0.05) is 24.4 Å². The van der Waals surface area contributed by atoms with Gasteiger partial charge in [0.05, 0.1) is 11.0 Å². The van der Waals surface area contributed by atoms with Gasteiger partial charge in [-0.05, 0) is 37.3 Å². The van der Waals surface area contributed by atoms with Crippen molar-refractivity contribution in [3.63, 3.8) is 0 Å². The minimum Gasteiger partial charge on any atom is -0.325 e. The first-order chi connectivity index (χ1) is 9.61. The molecule has 1 saturated carbocycles. The summed E-state index contributed by atoms with van der Waals surface area (Å²) in [6, 6.07) is 3.96. The fourth-order valence-electron chi connectivity index (χ4n) is 3.41. The number of imidazole rings is 1. The Hall–Kier alpha value is -1.09. The van der Waals surface area contributed by atoms with Crippen LogP contribution in [-0.4, -0.2) is 15.4 Å². The number of hydrogen-bond acceptors (Lipinski definition) is 1. The van der Waals surface area contributed by atoms with Crippen LogP contribution in [0.5, 0.6) is 0 Å². The third kappa shape index (κ3) is 2.22. The molecule has 1 aliphatic carbocycles. The Kier molecular flexibility index (Phi) is 3.72. The molecule has 1 heterocycles. The number of fused-ring (bicyclic) bond motifs is 1. The predicted molar refractivity (Wildman–Crippen MR) is 80.9 cm³/mol. The highest BCUT2D eigenvalue weighted by Gasteiger charge is 2.28. The van der Waals surface area contributed by atoms with Crippen LogP contribution in [0.25, 0.3) is 11.0 Å². The third-order valence-electron chi connectivity index (χ3n) is 4.51. The van der Waals surface area contributed by atoms with Crippen molar-refractivity contribution in [3.05, 3.63) is 29.3 Å². The van der Waals surface area contributed by atoms with E-state index in [1.54, 1.807) is 6.07 Å². The summed E-state index contributed by atoms with van der Waals surface area (Å²) in [4.78, 5) is 4.62. The molecule has 1 aromatic heterocycles. The van der Waals surface area contributed by atoms with E-state index in [1.165, 1.54) is 19.3 Å². The van der Waals surface area contributed by atoms with Gasteiger partial charge in [0.25, 0.3) is 0 Å². The molecule has 20 heavy (non-hydrogen) atoms. The van der Waals surface area contributed by atoms with Crippen molar-refractivity contribution in [1.29, 1.82) is 0 Å². The van der Waals surface area contributed by atoms with E-state index in [0.29, 0.717) is 23.4 Å². The van der Waals surface area contributed by atoms with Crippen molar-refractivity contribution >= 4 is 22.6 Å². The zero-order chi connectivity index (χ0) is 14.3. The summed E-state index contributed by atoms with van der Waals surface area (Å²) in [6.45, 7) is 4.11. The molecule has 0 N–H and O–H groups in total. The molecule has 0 saturated heterocycles. The number of halogens is 2. The fourth-order valence-corrected chi connectivity index (χ4v) is 3.58. The quantitative estimate of drug-likeness (QED) is 0.755. The summed E-state index contributed by atoms with van der Waals surface area (Å²) in [5.74, 6) is 2.01. The Labute approximate surface area is 123 Å². The molecule has 2 nitrogen and oxygen atoms in total. The second-order valence-corrected chi connectivity index (χ2v) is 6.28. The van der Waals surface area contributed by atoms with Gasteiger partial charge < -0.3 is 4.57 Å². The maximum Gasteiger partial charge on any atom is 0.128 e. The molecule has 108 valence electrons. The monoisotopic (exact) mass is 294 g/mol. The average Bonchev–Trinajstić information content (AvgIpc) is 2.94. The van der Waals surface area contributed by atoms with E-state index < -0.39 is 0 Å². The molecule has 4 heteroatoms. The van der Waals surface area contributed by atoms with Crippen LogP contribution in [0.3, 0.4) is 0 Å². The lowest BCUT2D eigenvalue weighted by Crippen LogP contribution is -2.15. The van der Waals surface area contributed by atoms with E-state index in [0.717, 1.165) is 23.3 Å². The summed E-state index contributed by atoms with van der Waals surface area (Å²) >= 11 is 5.91. The zero-order valence-electron chi connectivity index (χ0n) is 12.0. The van der Waals surface area contributed by atoms with Gasteiger partial charge in [0.15, 0.2) is 0 Å². The number of nitrogens with zero attached hydrogens (tertiary/aromatic N) is 2. The molecule has 1 aromatic carbocycles. The first-order valence-corrected chi connectivity index (χ1v) is 7.88. The van der Waals surface area contributed by atoms with Gasteiger partial charge in [-0.2, -0.15) is 0 Å². The van der Waals surface area contributed by atoms with Crippen LogP contribution in [0.1, 0.15) is 43.6 Å². The highest BCUT2D eigenvalue weighted by Crippen LogP contribution is 2.38. The van der Waals surface area contributed by atoms with Crippen molar-refractivity contribution in [2.45, 2.75) is 45.6 Å². The molecule has 3 rings (SSSR count). The molecule has 1 fully saturated rings. The highest BCUT2D eigenvalue weighted by atomic mass is 35.5. The van der Waals surface area contributed by atoms with Crippen molar-refractivity contribution in [2.75, 3.05) is 5.88 Å². The van der Waals surface area contributed by atoms with Gasteiger partial charge in [-0.1, -0.05) is 13.3 Å². The Balaban J connectivity index is 2.20. The van der Waals surface area contributed by atoms with Gasteiger partial charge in [-0.3, -0.25) is 0 Å². The van der Waals surface area contributed by atoms with Crippen LogP contribution in [0.4, 0.5) is 4.39 Å². The molecule has 1 aliphatic rings. The summed E-state index contributed by atoms with van der Waals surface area (Å²) < 4.78 is 16.1. The number of hydrogen-bond donors (Lipinski definition) is 0. The number of rotatable bonds is 3. The van der Waals surface area contributed by atoms with E-state index in [1.807, 2.05) is 13.0 Å². The summed E-state index contributed by atoms with van der Waals surface area (Å²) in [5.41, 5.74) is 2.50. The van der Waals surface area contributed by atoms with E-state index in [2.05, 4.69) is 16.5 Å². The minimum absolute atomic E-state index is 0.181. The van der Waals surface area contributed by atoms with Gasteiger partial charge in [0.2, 0.25) is 0 Å². The summed E-state index contributed by atoms with van der Waals surface area (Å²) in [5, 5.41) is 0. The van der Waals surface area contributed by atoms with E-state index in [-0.39, 0.29) is 5.82 Å². The normalized spacial score (nSPS) is 22.8. The molecule has 0 amide bonds. The molecule has 2 atom stereocenters. The molecule has 0 radical (unpaired) electrons. The predicted octanol–water partition coefficient (Wildman–Crippen LogP) is 4.63. The SMILES string of the molecule is Cc1cc2c(cc1F)nc(CCCl)n2C1CCCC1C. The van der Waals surface area contributed by atoms with Crippen molar-refractivity contribution in [2.24, 2.45) is 5.92 Å². The molecule has 0 bridgehead atoms. The fraction of sp³-hybridized carbons (Fsp3) is 0.562. The maximum atomic E-state index is 13.8. The lowest BCUT2D eigenvalue weighted by atomic mass is 10.1. The van der Waals surface area contributed by atoms with Gasteiger partial charge >= 0.3 is 0 Å². The van der Waals surface area contributed by atoms with Crippen LogP contribution in [0.15, 0.2) is 12.1 Å². The molecule has 0 spiro atoms. The van der Waals surface area contributed by atoms with Crippen LogP contribution in [0, 0.1) is 18.7 Å². The summed E-state index contributed by atoms with van der Waals surface area (Å²) in [6.07, 6.45) is 4.43. The standard InChI is InChI=1S/C16H20ClFN2/c1-10-4-3-5-14(10)20-15-8-11(2)12(18)9-13(15)19-16(20)6-7-17/h8-10,14H,3-7H2,1-2H3. The van der Waals surface area contributed by atoms with Crippen LogP contribution in [0.2, 0.25) is 0 Å². The molecule has 2 unspecified atom stereocenters. The Morgan fingerprint density at radius 1 is 1.40 bits per heavy atom. The largest absolute Gasteiger partial charge is 0.325 e. The van der Waals surface area contributed by atoms with Crippen molar-refractivity contribution in [3.8, 4) is 0 Å². The Bertz CT molecular complexity index is 635. The number of aryl methyl sites for hydroxylation is 2. The van der Waals surface area contributed by atoms with Gasteiger partial charge in [0.1, 0.15) is 11.6 Å². The third-order valence-corrected chi connectivity index (χ3v) is 4.70. The van der Waals surface area contributed by atoms with Gasteiger partial charge in [-0.25, -0.2) is 9.37 Å². The van der Waals surface area contributed by atoms with Crippen LogP contribution < -0.4 is 0 Å². The van der Waals surface area contributed by atoms with E-state index >= 15 is 0 Å². The summed E-state index contributed by atoms with van der Waals surface area (Å²) in [7, 11) is 0. The molecular weight excluding hydrogens is 275 g/mol. The number of alkyl halides is 1. The van der Waals surface area contributed by atoms with E-state index in [9.17, 15) is 4.39 Å². The lowest BCUT2D eigenvalue weighted by Gasteiger charge is -2.21. The van der Waals surface area contributed by atoms with Crippen LogP contribution >= 0.6 is 11.6 Å². The maximum absolute atomic E-state index is 13.8. The Morgan fingerprint density at radius 2 is 2.20 bits per heavy atom. The second-order valence-electron chi connectivity index (χ2n) is 5.90.